The van der Waals surface area contributed by atoms with E-state index in [-0.39, 0.29) is 11.3 Å². The van der Waals surface area contributed by atoms with Crippen LogP contribution < -0.4 is 0 Å². The van der Waals surface area contributed by atoms with Crippen molar-refractivity contribution in [1.82, 2.24) is 9.80 Å². The molecule has 0 saturated carbocycles. The van der Waals surface area contributed by atoms with Crippen molar-refractivity contribution in [3.63, 3.8) is 0 Å². The molecule has 0 radical (unpaired) electrons. The summed E-state index contributed by atoms with van der Waals surface area (Å²) in [7, 11) is 0. The fourth-order valence-corrected chi connectivity index (χ4v) is 4.44. The van der Waals surface area contributed by atoms with Crippen molar-refractivity contribution >= 4 is 29.3 Å². The van der Waals surface area contributed by atoms with Gasteiger partial charge in [0.1, 0.15) is 5.37 Å². The first-order valence-corrected chi connectivity index (χ1v) is 8.56. The highest BCUT2D eigenvalue weighted by molar-refractivity contribution is 8.00. The molecular weight excluding hydrogens is 292 g/mol. The van der Waals surface area contributed by atoms with Crippen molar-refractivity contribution in [2.24, 2.45) is 0 Å². The third-order valence-electron chi connectivity index (χ3n) is 4.00. The van der Waals surface area contributed by atoms with E-state index in [9.17, 15) is 4.79 Å². The lowest BCUT2D eigenvalue weighted by molar-refractivity contribution is -0.128. The average molecular weight is 311 g/mol. The molecular formula is C15H19ClN2OS. The molecule has 108 valence electrons. The number of thioether (sulfide) groups is 1. The molecule has 1 aromatic carbocycles. The number of carbonyl (C=O) groups is 1. The SMILES string of the molecule is O=C1CSC(c2ccccc2Cl)N1CCN1CCCC1. The molecule has 5 heteroatoms. The van der Waals surface area contributed by atoms with E-state index in [0.29, 0.717) is 5.75 Å². The summed E-state index contributed by atoms with van der Waals surface area (Å²) in [6, 6.07) is 7.85. The van der Waals surface area contributed by atoms with Gasteiger partial charge in [-0.1, -0.05) is 29.8 Å². The number of hydrogen-bond acceptors (Lipinski definition) is 3. The second-order valence-corrected chi connectivity index (χ2v) is 6.80. The van der Waals surface area contributed by atoms with Crippen LogP contribution in [-0.2, 0) is 4.79 Å². The minimum absolute atomic E-state index is 0.0822. The third-order valence-corrected chi connectivity index (χ3v) is 5.58. The molecule has 2 aliphatic heterocycles. The fourth-order valence-electron chi connectivity index (χ4n) is 2.88. The van der Waals surface area contributed by atoms with Gasteiger partial charge in [0.25, 0.3) is 0 Å². The lowest BCUT2D eigenvalue weighted by Crippen LogP contribution is -2.36. The number of hydrogen-bond donors (Lipinski definition) is 0. The van der Waals surface area contributed by atoms with Crippen molar-refractivity contribution in [2.45, 2.75) is 18.2 Å². The Balaban J connectivity index is 1.70. The Labute approximate surface area is 129 Å². The van der Waals surface area contributed by atoms with Crippen LogP contribution in [0.1, 0.15) is 23.8 Å². The zero-order valence-corrected chi connectivity index (χ0v) is 13.0. The molecule has 2 heterocycles. The molecule has 1 aromatic rings. The summed E-state index contributed by atoms with van der Waals surface area (Å²) >= 11 is 7.96. The lowest BCUT2D eigenvalue weighted by Gasteiger charge is -2.27. The lowest BCUT2D eigenvalue weighted by atomic mass is 10.2. The number of benzene rings is 1. The van der Waals surface area contributed by atoms with Gasteiger partial charge in [-0.05, 0) is 32.0 Å². The quantitative estimate of drug-likeness (QED) is 0.854. The highest BCUT2D eigenvalue weighted by Crippen LogP contribution is 2.41. The predicted molar refractivity (Wildman–Crippen MR) is 84.0 cm³/mol. The first-order chi connectivity index (χ1) is 9.75. The van der Waals surface area contributed by atoms with Gasteiger partial charge < -0.3 is 9.80 Å². The van der Waals surface area contributed by atoms with E-state index in [2.05, 4.69) is 4.90 Å². The van der Waals surface area contributed by atoms with Crippen LogP contribution in [0.5, 0.6) is 0 Å². The van der Waals surface area contributed by atoms with Gasteiger partial charge in [0.2, 0.25) is 5.91 Å². The second-order valence-electron chi connectivity index (χ2n) is 5.32. The maximum atomic E-state index is 12.1. The molecule has 1 unspecified atom stereocenters. The van der Waals surface area contributed by atoms with E-state index < -0.39 is 0 Å². The zero-order chi connectivity index (χ0) is 13.9. The van der Waals surface area contributed by atoms with Crippen molar-refractivity contribution in [3.8, 4) is 0 Å². The van der Waals surface area contributed by atoms with Gasteiger partial charge in [-0.2, -0.15) is 0 Å². The summed E-state index contributed by atoms with van der Waals surface area (Å²) < 4.78 is 0. The molecule has 2 aliphatic rings. The summed E-state index contributed by atoms with van der Waals surface area (Å²) in [5.41, 5.74) is 1.06. The molecule has 0 aliphatic carbocycles. The van der Waals surface area contributed by atoms with Crippen molar-refractivity contribution in [2.75, 3.05) is 31.9 Å². The van der Waals surface area contributed by atoms with Gasteiger partial charge in [0, 0.05) is 23.7 Å². The Bertz CT molecular complexity index is 491. The third kappa shape index (κ3) is 2.97. The maximum Gasteiger partial charge on any atom is 0.233 e. The summed E-state index contributed by atoms with van der Waals surface area (Å²) in [5, 5.41) is 0.838. The monoisotopic (exact) mass is 310 g/mol. The molecule has 1 atom stereocenters. The van der Waals surface area contributed by atoms with E-state index in [0.717, 1.165) is 23.7 Å². The Hall–Kier alpha value is -0.710. The molecule has 3 rings (SSSR count). The minimum Gasteiger partial charge on any atom is -0.324 e. The number of amides is 1. The zero-order valence-electron chi connectivity index (χ0n) is 11.4. The fraction of sp³-hybridized carbons (Fsp3) is 0.533. The molecule has 2 saturated heterocycles. The van der Waals surface area contributed by atoms with E-state index in [1.165, 1.54) is 25.9 Å². The summed E-state index contributed by atoms with van der Waals surface area (Å²) in [6.45, 7) is 4.13. The number of carbonyl (C=O) groups excluding carboxylic acids is 1. The van der Waals surface area contributed by atoms with Crippen LogP contribution in [0.15, 0.2) is 24.3 Å². The highest BCUT2D eigenvalue weighted by Gasteiger charge is 2.33. The van der Waals surface area contributed by atoms with Gasteiger partial charge in [-0.3, -0.25) is 4.79 Å². The van der Waals surface area contributed by atoms with Crippen LogP contribution in [0.4, 0.5) is 0 Å². The molecule has 0 bridgehead atoms. The largest absolute Gasteiger partial charge is 0.324 e. The number of likely N-dealkylation sites (tertiary alicyclic amines) is 1. The van der Waals surface area contributed by atoms with Gasteiger partial charge >= 0.3 is 0 Å². The number of halogens is 1. The molecule has 0 N–H and O–H groups in total. The standard InChI is InChI=1S/C15H19ClN2OS/c16-13-6-2-1-5-12(13)15-18(14(19)11-20-15)10-9-17-7-3-4-8-17/h1-2,5-6,15H,3-4,7-11H2. The Morgan fingerprint density at radius 1 is 1.20 bits per heavy atom. The average Bonchev–Trinajstić information content (AvgIpc) is 3.07. The Kier molecular flexibility index (Phi) is 4.54. The van der Waals surface area contributed by atoms with Crippen molar-refractivity contribution in [3.05, 3.63) is 34.9 Å². The second kappa shape index (κ2) is 6.37. The molecule has 0 aromatic heterocycles. The van der Waals surface area contributed by atoms with Crippen LogP contribution in [0.25, 0.3) is 0 Å². The van der Waals surface area contributed by atoms with Gasteiger partial charge in [-0.15, -0.1) is 11.8 Å². The van der Waals surface area contributed by atoms with E-state index in [1.54, 1.807) is 11.8 Å². The van der Waals surface area contributed by atoms with Gasteiger partial charge in [-0.25, -0.2) is 0 Å². The van der Waals surface area contributed by atoms with E-state index in [1.807, 2.05) is 29.2 Å². The normalized spacial score (nSPS) is 23.8. The molecule has 20 heavy (non-hydrogen) atoms. The first kappa shape index (κ1) is 14.2. The Morgan fingerprint density at radius 3 is 2.70 bits per heavy atom. The van der Waals surface area contributed by atoms with Crippen LogP contribution >= 0.6 is 23.4 Å². The molecule has 3 nitrogen and oxygen atoms in total. The van der Waals surface area contributed by atoms with Crippen LogP contribution in [0, 0.1) is 0 Å². The van der Waals surface area contributed by atoms with Crippen LogP contribution in [-0.4, -0.2) is 47.6 Å². The van der Waals surface area contributed by atoms with Gasteiger partial charge in [0.05, 0.1) is 5.75 Å². The summed E-state index contributed by atoms with van der Waals surface area (Å²) in [6.07, 6.45) is 2.58. The highest BCUT2D eigenvalue weighted by atomic mass is 35.5. The van der Waals surface area contributed by atoms with Crippen molar-refractivity contribution in [1.29, 1.82) is 0 Å². The van der Waals surface area contributed by atoms with Crippen LogP contribution in [0.2, 0.25) is 5.02 Å². The predicted octanol–water partition coefficient (Wildman–Crippen LogP) is 3.01. The smallest absolute Gasteiger partial charge is 0.233 e. The van der Waals surface area contributed by atoms with E-state index >= 15 is 0 Å². The number of nitrogens with zero attached hydrogens (tertiary/aromatic N) is 2. The Morgan fingerprint density at radius 2 is 1.95 bits per heavy atom. The molecule has 2 fully saturated rings. The van der Waals surface area contributed by atoms with Gasteiger partial charge in [0.15, 0.2) is 0 Å². The van der Waals surface area contributed by atoms with Crippen molar-refractivity contribution < 1.29 is 4.79 Å². The molecule has 1 amide bonds. The number of rotatable bonds is 4. The summed E-state index contributed by atoms with van der Waals surface area (Å²) in [5.74, 6) is 0.801. The summed E-state index contributed by atoms with van der Waals surface area (Å²) in [4.78, 5) is 16.6. The maximum absolute atomic E-state index is 12.1. The van der Waals surface area contributed by atoms with E-state index in [4.69, 9.17) is 11.6 Å². The van der Waals surface area contributed by atoms with Crippen LogP contribution in [0.3, 0.4) is 0 Å². The first-order valence-electron chi connectivity index (χ1n) is 7.13. The molecule has 0 spiro atoms. The topological polar surface area (TPSA) is 23.6 Å². The minimum atomic E-state index is 0.0822.